The van der Waals surface area contributed by atoms with Gasteiger partial charge in [0.15, 0.2) is 6.29 Å². The van der Waals surface area contributed by atoms with Gasteiger partial charge in [0.25, 0.3) is 0 Å². The molecule has 0 aliphatic rings. The van der Waals surface area contributed by atoms with Crippen LogP contribution in [0.4, 0.5) is 0 Å². The van der Waals surface area contributed by atoms with Crippen molar-refractivity contribution >= 4 is 6.29 Å². The number of hydrogen-bond acceptors (Lipinski definition) is 3. The maximum absolute atomic E-state index is 10.6. The third-order valence-electron chi connectivity index (χ3n) is 2.05. The minimum Gasteiger partial charge on any atom is -0.363 e. The van der Waals surface area contributed by atoms with E-state index in [2.05, 4.69) is 5.16 Å². The van der Waals surface area contributed by atoms with Gasteiger partial charge >= 0.3 is 0 Å². The Kier molecular flexibility index (Phi) is 2.14. The second kappa shape index (κ2) is 3.46. The van der Waals surface area contributed by atoms with Crippen molar-refractivity contribution in [1.82, 2.24) is 5.16 Å². The van der Waals surface area contributed by atoms with Crippen LogP contribution in [0.15, 0.2) is 35.1 Å². The second-order valence-electron chi connectivity index (χ2n) is 3.10. The monoisotopic (exact) mass is 187 g/mol. The molecular weight excluding hydrogens is 178 g/mol. The summed E-state index contributed by atoms with van der Waals surface area (Å²) in [6.45, 7) is 2.01. The first kappa shape index (κ1) is 8.69. The summed E-state index contributed by atoms with van der Waals surface area (Å²) in [6.07, 6.45) is 2.09. The summed E-state index contributed by atoms with van der Waals surface area (Å²) in [6, 6.07) is 7.78. The minimum atomic E-state index is 0.480. The largest absolute Gasteiger partial charge is 0.363 e. The molecule has 0 fully saturated rings. The maximum Gasteiger partial charge on any atom is 0.155 e. The predicted molar refractivity (Wildman–Crippen MR) is 52.1 cm³/mol. The Bertz CT molecular complexity index is 443. The standard InChI is InChI=1S/C11H9NO2/c1-8-2-4-9(5-3-8)11-10(6-13)7-14-12-11/h2-7H,1H3. The number of rotatable bonds is 2. The van der Waals surface area contributed by atoms with E-state index in [0.717, 1.165) is 11.8 Å². The van der Waals surface area contributed by atoms with Crippen LogP contribution in [0.2, 0.25) is 0 Å². The molecule has 0 saturated heterocycles. The van der Waals surface area contributed by atoms with E-state index >= 15 is 0 Å². The lowest BCUT2D eigenvalue weighted by molar-refractivity contribution is 0.112. The smallest absolute Gasteiger partial charge is 0.155 e. The molecule has 0 N–H and O–H groups in total. The highest BCUT2D eigenvalue weighted by Gasteiger charge is 2.08. The van der Waals surface area contributed by atoms with Gasteiger partial charge in [-0.2, -0.15) is 0 Å². The van der Waals surface area contributed by atoms with Crippen molar-refractivity contribution in [3.8, 4) is 11.3 Å². The Morgan fingerprint density at radius 1 is 1.29 bits per heavy atom. The molecule has 0 aliphatic heterocycles. The van der Waals surface area contributed by atoms with Crippen LogP contribution in [0.5, 0.6) is 0 Å². The number of aryl methyl sites for hydroxylation is 1. The molecule has 0 saturated carbocycles. The van der Waals surface area contributed by atoms with E-state index in [0.29, 0.717) is 11.3 Å². The van der Waals surface area contributed by atoms with E-state index < -0.39 is 0 Å². The van der Waals surface area contributed by atoms with Gasteiger partial charge in [-0.3, -0.25) is 4.79 Å². The lowest BCUT2D eigenvalue weighted by Crippen LogP contribution is -1.83. The van der Waals surface area contributed by atoms with Crippen LogP contribution in [-0.2, 0) is 0 Å². The van der Waals surface area contributed by atoms with Crippen LogP contribution < -0.4 is 0 Å². The molecule has 0 amide bonds. The molecular formula is C11H9NO2. The van der Waals surface area contributed by atoms with Gasteiger partial charge in [0.05, 0.1) is 5.56 Å². The van der Waals surface area contributed by atoms with Crippen molar-refractivity contribution in [2.45, 2.75) is 6.92 Å². The zero-order valence-electron chi connectivity index (χ0n) is 7.73. The average molecular weight is 187 g/mol. The molecule has 2 rings (SSSR count). The highest BCUT2D eigenvalue weighted by Crippen LogP contribution is 2.20. The normalized spacial score (nSPS) is 10.1. The average Bonchev–Trinajstić information content (AvgIpc) is 2.67. The van der Waals surface area contributed by atoms with Crippen molar-refractivity contribution in [3.63, 3.8) is 0 Å². The summed E-state index contributed by atoms with van der Waals surface area (Å²) in [7, 11) is 0. The summed E-state index contributed by atoms with van der Waals surface area (Å²) in [5, 5.41) is 3.78. The van der Waals surface area contributed by atoms with Gasteiger partial charge in [-0.25, -0.2) is 0 Å². The Hall–Kier alpha value is -1.90. The zero-order chi connectivity index (χ0) is 9.97. The molecule has 3 heteroatoms. The molecule has 14 heavy (non-hydrogen) atoms. The number of hydrogen-bond donors (Lipinski definition) is 0. The first-order chi connectivity index (χ1) is 6.81. The van der Waals surface area contributed by atoms with Gasteiger partial charge < -0.3 is 4.52 Å². The third kappa shape index (κ3) is 1.44. The summed E-state index contributed by atoms with van der Waals surface area (Å²) < 4.78 is 4.74. The second-order valence-corrected chi connectivity index (χ2v) is 3.10. The van der Waals surface area contributed by atoms with Gasteiger partial charge in [-0.1, -0.05) is 35.0 Å². The molecule has 0 bridgehead atoms. The van der Waals surface area contributed by atoms with E-state index in [-0.39, 0.29) is 0 Å². The molecule has 1 aromatic carbocycles. The maximum atomic E-state index is 10.6. The Labute approximate surface area is 81.3 Å². The van der Waals surface area contributed by atoms with Crippen LogP contribution in [0, 0.1) is 6.92 Å². The summed E-state index contributed by atoms with van der Waals surface area (Å²) >= 11 is 0. The van der Waals surface area contributed by atoms with Gasteiger partial charge in [0, 0.05) is 5.56 Å². The fraction of sp³-hybridized carbons (Fsp3) is 0.0909. The first-order valence-electron chi connectivity index (χ1n) is 4.28. The van der Waals surface area contributed by atoms with Crippen molar-refractivity contribution in [2.24, 2.45) is 0 Å². The molecule has 0 unspecified atom stereocenters. The minimum absolute atomic E-state index is 0.480. The fourth-order valence-corrected chi connectivity index (χ4v) is 1.26. The quantitative estimate of drug-likeness (QED) is 0.678. The van der Waals surface area contributed by atoms with Crippen LogP contribution in [0.25, 0.3) is 11.3 Å². The molecule has 0 aliphatic carbocycles. The van der Waals surface area contributed by atoms with Gasteiger partial charge in [-0.15, -0.1) is 0 Å². The van der Waals surface area contributed by atoms with Crippen LogP contribution >= 0.6 is 0 Å². The lowest BCUT2D eigenvalue weighted by Gasteiger charge is -1.96. The Morgan fingerprint density at radius 3 is 2.64 bits per heavy atom. The molecule has 3 nitrogen and oxygen atoms in total. The van der Waals surface area contributed by atoms with Gasteiger partial charge in [0.2, 0.25) is 0 Å². The number of benzene rings is 1. The van der Waals surface area contributed by atoms with E-state index in [1.54, 1.807) is 0 Å². The summed E-state index contributed by atoms with van der Waals surface area (Å²) in [5.74, 6) is 0. The highest BCUT2D eigenvalue weighted by molar-refractivity contribution is 5.84. The van der Waals surface area contributed by atoms with Crippen molar-refractivity contribution in [2.75, 3.05) is 0 Å². The molecule has 2 aromatic rings. The lowest BCUT2D eigenvalue weighted by atomic mass is 10.1. The van der Waals surface area contributed by atoms with Crippen molar-refractivity contribution in [1.29, 1.82) is 0 Å². The molecule has 0 atom stereocenters. The first-order valence-corrected chi connectivity index (χ1v) is 4.28. The van der Waals surface area contributed by atoms with Crippen molar-refractivity contribution in [3.05, 3.63) is 41.7 Å². The summed E-state index contributed by atoms with van der Waals surface area (Å²) in [5.41, 5.74) is 3.14. The van der Waals surface area contributed by atoms with Crippen LogP contribution in [0.1, 0.15) is 15.9 Å². The molecule has 1 heterocycles. The number of carbonyl (C=O) groups excluding carboxylic acids is 1. The SMILES string of the molecule is Cc1ccc(-c2nocc2C=O)cc1. The van der Waals surface area contributed by atoms with Crippen molar-refractivity contribution < 1.29 is 9.32 Å². The van der Waals surface area contributed by atoms with Gasteiger partial charge in [0.1, 0.15) is 12.0 Å². The molecule has 0 spiro atoms. The topological polar surface area (TPSA) is 43.1 Å². The van der Waals surface area contributed by atoms with E-state index in [9.17, 15) is 4.79 Å². The van der Waals surface area contributed by atoms with E-state index in [1.807, 2.05) is 31.2 Å². The molecule has 0 radical (unpaired) electrons. The number of carbonyl (C=O) groups is 1. The third-order valence-corrected chi connectivity index (χ3v) is 2.05. The van der Waals surface area contributed by atoms with Crippen LogP contribution in [0.3, 0.4) is 0 Å². The van der Waals surface area contributed by atoms with E-state index in [4.69, 9.17) is 4.52 Å². The number of nitrogens with zero attached hydrogens (tertiary/aromatic N) is 1. The Balaban J connectivity index is 2.49. The zero-order valence-corrected chi connectivity index (χ0v) is 7.73. The number of aldehydes is 1. The van der Waals surface area contributed by atoms with Gasteiger partial charge in [-0.05, 0) is 6.92 Å². The highest BCUT2D eigenvalue weighted by atomic mass is 16.5. The fourth-order valence-electron chi connectivity index (χ4n) is 1.26. The number of aromatic nitrogens is 1. The predicted octanol–water partition coefficient (Wildman–Crippen LogP) is 2.46. The molecule has 70 valence electrons. The Morgan fingerprint density at radius 2 is 2.00 bits per heavy atom. The molecule has 1 aromatic heterocycles. The summed E-state index contributed by atoms with van der Waals surface area (Å²) in [4.78, 5) is 10.6. The van der Waals surface area contributed by atoms with Crippen LogP contribution in [-0.4, -0.2) is 11.4 Å². The van der Waals surface area contributed by atoms with E-state index in [1.165, 1.54) is 11.8 Å².